The first-order chi connectivity index (χ1) is 13.3. The number of benzene rings is 2. The Morgan fingerprint density at radius 3 is 2.61 bits per heavy atom. The first-order valence-corrected chi connectivity index (χ1v) is 11.3. The minimum Gasteiger partial charge on any atom is -0.496 e. The van der Waals surface area contributed by atoms with Crippen LogP contribution in [0.3, 0.4) is 0 Å². The van der Waals surface area contributed by atoms with Crippen LogP contribution >= 0.6 is 11.8 Å². The summed E-state index contributed by atoms with van der Waals surface area (Å²) in [5.41, 5.74) is 0.896. The normalized spacial score (nSPS) is 16.9. The van der Waals surface area contributed by atoms with Gasteiger partial charge in [0.15, 0.2) is 0 Å². The summed E-state index contributed by atoms with van der Waals surface area (Å²) in [6.45, 7) is 2.42. The summed E-state index contributed by atoms with van der Waals surface area (Å²) in [6, 6.07) is 11.9. The Labute approximate surface area is 170 Å². The average molecular weight is 421 g/mol. The number of carbonyl (C=O) groups excluding carboxylic acids is 1. The molecule has 8 heteroatoms. The first kappa shape index (κ1) is 20.5. The summed E-state index contributed by atoms with van der Waals surface area (Å²) in [7, 11) is 0.849. The van der Waals surface area contributed by atoms with Crippen LogP contribution in [0.4, 0.5) is 5.69 Å². The Balaban J connectivity index is 2.12. The van der Waals surface area contributed by atoms with E-state index in [1.807, 2.05) is 31.2 Å². The molecular weight excluding hydrogens is 396 g/mol. The number of nitrogens with zero attached hydrogens (tertiary/aromatic N) is 2. The molecule has 2 aromatic carbocycles. The highest BCUT2D eigenvalue weighted by atomic mass is 32.2. The molecular formula is C20H24N2O4S2. The molecule has 6 nitrogen and oxygen atoms in total. The third kappa shape index (κ3) is 3.84. The number of fused-ring (bicyclic) bond motifs is 1. The minimum atomic E-state index is -3.84. The van der Waals surface area contributed by atoms with Gasteiger partial charge in [0.2, 0.25) is 0 Å². The second-order valence-electron chi connectivity index (χ2n) is 6.98. The van der Waals surface area contributed by atoms with Crippen molar-refractivity contribution in [1.29, 1.82) is 0 Å². The summed E-state index contributed by atoms with van der Waals surface area (Å²) in [4.78, 5) is 14.9. The molecule has 2 aromatic rings. The zero-order chi connectivity index (χ0) is 20.5. The molecule has 0 spiro atoms. The van der Waals surface area contributed by atoms with Crippen molar-refractivity contribution in [2.24, 2.45) is 5.92 Å². The van der Waals surface area contributed by atoms with Crippen LogP contribution in [-0.2, 0) is 10.0 Å². The molecule has 0 unspecified atom stereocenters. The van der Waals surface area contributed by atoms with E-state index in [1.54, 1.807) is 25.9 Å². The molecule has 0 aromatic heterocycles. The van der Waals surface area contributed by atoms with Crippen LogP contribution < -0.4 is 9.04 Å². The SMILES string of the molecule is COc1ccc(S(=O)(=O)N2C[C@H](C)CSc3ccccc32)cc1C(=O)N(C)C. The molecule has 1 heterocycles. The van der Waals surface area contributed by atoms with E-state index >= 15 is 0 Å². The van der Waals surface area contributed by atoms with Gasteiger partial charge in [-0.2, -0.15) is 0 Å². The van der Waals surface area contributed by atoms with Gasteiger partial charge in [0.1, 0.15) is 5.75 Å². The summed E-state index contributed by atoms with van der Waals surface area (Å²) >= 11 is 1.66. The van der Waals surface area contributed by atoms with Crippen LogP contribution in [0.25, 0.3) is 0 Å². The number of hydrogen-bond acceptors (Lipinski definition) is 5. The number of amides is 1. The van der Waals surface area contributed by atoms with Gasteiger partial charge in [0.25, 0.3) is 15.9 Å². The van der Waals surface area contributed by atoms with Gasteiger partial charge in [-0.05, 0) is 36.2 Å². The monoisotopic (exact) mass is 420 g/mol. The van der Waals surface area contributed by atoms with Gasteiger partial charge in [0, 0.05) is 31.3 Å². The predicted octanol–water partition coefficient (Wildman–Crippen LogP) is 3.33. The van der Waals surface area contributed by atoms with Crippen LogP contribution in [0.1, 0.15) is 17.3 Å². The predicted molar refractivity (Wildman–Crippen MR) is 112 cm³/mol. The Bertz CT molecular complexity index is 989. The number of anilines is 1. The Kier molecular flexibility index (Phi) is 5.90. The van der Waals surface area contributed by atoms with Crippen molar-refractivity contribution in [2.75, 3.05) is 37.8 Å². The third-order valence-corrected chi connectivity index (χ3v) is 7.70. The largest absolute Gasteiger partial charge is 0.496 e. The lowest BCUT2D eigenvalue weighted by molar-refractivity contribution is 0.0824. The number of para-hydroxylation sites is 1. The van der Waals surface area contributed by atoms with E-state index in [9.17, 15) is 13.2 Å². The van der Waals surface area contributed by atoms with Crippen molar-refractivity contribution in [1.82, 2.24) is 4.90 Å². The molecule has 1 aliphatic rings. The maximum atomic E-state index is 13.5. The summed E-state index contributed by atoms with van der Waals surface area (Å²) in [5, 5.41) is 0. The standard InChI is InChI=1S/C20H24N2O4S2/c1-14-12-22(17-7-5-6-8-19(17)27-13-14)28(24,25)15-9-10-18(26-4)16(11-15)20(23)21(2)3/h5-11,14H,12-13H2,1-4H3/t14-/m0/s1. The fourth-order valence-electron chi connectivity index (χ4n) is 3.06. The summed E-state index contributed by atoms with van der Waals surface area (Å²) in [5.74, 6) is 1.07. The fourth-order valence-corrected chi connectivity index (χ4v) is 5.82. The number of thioether (sulfide) groups is 1. The van der Waals surface area contributed by atoms with Crippen molar-refractivity contribution in [3.63, 3.8) is 0 Å². The van der Waals surface area contributed by atoms with E-state index in [0.717, 1.165) is 10.6 Å². The quantitative estimate of drug-likeness (QED) is 0.759. The lowest BCUT2D eigenvalue weighted by Gasteiger charge is -2.26. The van der Waals surface area contributed by atoms with Gasteiger partial charge in [-0.3, -0.25) is 9.10 Å². The van der Waals surface area contributed by atoms with E-state index in [1.165, 1.54) is 34.5 Å². The molecule has 0 saturated carbocycles. The summed E-state index contributed by atoms with van der Waals surface area (Å²) in [6.07, 6.45) is 0. The van der Waals surface area contributed by atoms with Crippen LogP contribution in [0.15, 0.2) is 52.3 Å². The maximum Gasteiger partial charge on any atom is 0.264 e. The van der Waals surface area contributed by atoms with Gasteiger partial charge in [-0.25, -0.2) is 8.42 Å². The second-order valence-corrected chi connectivity index (χ2v) is 9.91. The number of carbonyl (C=O) groups is 1. The fraction of sp³-hybridized carbons (Fsp3) is 0.350. The lowest BCUT2D eigenvalue weighted by atomic mass is 10.2. The molecule has 1 atom stereocenters. The highest BCUT2D eigenvalue weighted by molar-refractivity contribution is 7.99. The van der Waals surface area contributed by atoms with Crippen molar-refractivity contribution in [3.8, 4) is 5.75 Å². The Morgan fingerprint density at radius 2 is 1.93 bits per heavy atom. The Morgan fingerprint density at radius 1 is 1.21 bits per heavy atom. The first-order valence-electron chi connectivity index (χ1n) is 8.90. The second kappa shape index (κ2) is 8.05. The van der Waals surface area contributed by atoms with Gasteiger partial charge in [-0.1, -0.05) is 19.1 Å². The number of rotatable bonds is 4. The molecule has 0 radical (unpaired) electrons. The smallest absolute Gasteiger partial charge is 0.264 e. The van der Waals surface area contributed by atoms with E-state index in [4.69, 9.17) is 4.74 Å². The highest BCUT2D eigenvalue weighted by Crippen LogP contribution is 2.38. The van der Waals surface area contributed by atoms with Crippen molar-refractivity contribution < 1.29 is 17.9 Å². The zero-order valence-electron chi connectivity index (χ0n) is 16.4. The Hall–Kier alpha value is -2.19. The molecule has 0 fully saturated rings. The van der Waals surface area contributed by atoms with Crippen LogP contribution in [-0.4, -0.2) is 52.7 Å². The zero-order valence-corrected chi connectivity index (χ0v) is 18.0. The molecule has 0 bridgehead atoms. The molecule has 0 N–H and O–H groups in total. The van der Waals surface area contributed by atoms with Gasteiger partial charge in [0.05, 0.1) is 23.3 Å². The average Bonchev–Trinajstić information content (AvgIpc) is 2.86. The molecule has 150 valence electrons. The third-order valence-electron chi connectivity index (χ3n) is 4.53. The lowest BCUT2D eigenvalue weighted by Crippen LogP contribution is -2.35. The number of hydrogen-bond donors (Lipinski definition) is 0. The van der Waals surface area contributed by atoms with E-state index in [0.29, 0.717) is 18.0 Å². The minimum absolute atomic E-state index is 0.0763. The highest BCUT2D eigenvalue weighted by Gasteiger charge is 2.31. The van der Waals surface area contributed by atoms with Crippen molar-refractivity contribution in [3.05, 3.63) is 48.0 Å². The van der Waals surface area contributed by atoms with E-state index < -0.39 is 10.0 Å². The number of sulfonamides is 1. The molecule has 3 rings (SSSR count). The van der Waals surface area contributed by atoms with Crippen LogP contribution in [0.2, 0.25) is 0 Å². The molecule has 1 aliphatic heterocycles. The van der Waals surface area contributed by atoms with Crippen molar-refractivity contribution in [2.45, 2.75) is 16.7 Å². The van der Waals surface area contributed by atoms with Crippen LogP contribution in [0.5, 0.6) is 5.75 Å². The topological polar surface area (TPSA) is 66.9 Å². The van der Waals surface area contributed by atoms with Gasteiger partial charge >= 0.3 is 0 Å². The molecule has 1 amide bonds. The molecule has 0 saturated heterocycles. The van der Waals surface area contributed by atoms with E-state index in [-0.39, 0.29) is 22.3 Å². The van der Waals surface area contributed by atoms with Gasteiger partial charge in [-0.15, -0.1) is 11.8 Å². The van der Waals surface area contributed by atoms with Crippen molar-refractivity contribution >= 4 is 33.4 Å². The van der Waals surface area contributed by atoms with E-state index in [2.05, 4.69) is 0 Å². The van der Waals surface area contributed by atoms with Crippen LogP contribution in [0, 0.1) is 5.92 Å². The molecule has 28 heavy (non-hydrogen) atoms. The summed E-state index contributed by atoms with van der Waals surface area (Å²) < 4.78 is 33.8. The molecule has 0 aliphatic carbocycles. The number of ether oxygens (including phenoxy) is 1. The van der Waals surface area contributed by atoms with Gasteiger partial charge < -0.3 is 9.64 Å². The maximum absolute atomic E-state index is 13.5. The number of methoxy groups -OCH3 is 1.